The fourth-order valence-electron chi connectivity index (χ4n) is 1.76. The molecule has 0 aliphatic heterocycles. The summed E-state index contributed by atoms with van der Waals surface area (Å²) in [5.74, 6) is 2.07. The molecule has 2 aromatic carbocycles. The van der Waals surface area contributed by atoms with E-state index in [1.807, 2.05) is 54.6 Å². The van der Waals surface area contributed by atoms with E-state index in [1.54, 1.807) is 0 Å². The van der Waals surface area contributed by atoms with E-state index in [0.29, 0.717) is 19.1 Å². The topological polar surface area (TPSA) is 44.5 Å². The first-order chi connectivity index (χ1) is 10.1. The molecule has 3 nitrogen and oxygen atoms in total. The van der Waals surface area contributed by atoms with Gasteiger partial charge >= 0.3 is 0 Å². The Morgan fingerprint density at radius 2 is 1.43 bits per heavy atom. The van der Waals surface area contributed by atoms with Crippen molar-refractivity contribution in [3.8, 4) is 11.5 Å². The largest absolute Gasteiger partial charge is 0.492 e. The molecule has 1 unspecified atom stereocenters. The molecule has 0 radical (unpaired) electrons. The highest BCUT2D eigenvalue weighted by molar-refractivity contribution is 5.31. The van der Waals surface area contributed by atoms with Gasteiger partial charge in [0.2, 0.25) is 0 Å². The summed E-state index contributed by atoms with van der Waals surface area (Å²) >= 11 is 0. The number of nitrogens with two attached hydrogens (primary N) is 1. The van der Waals surface area contributed by atoms with Gasteiger partial charge in [0.05, 0.1) is 0 Å². The summed E-state index contributed by atoms with van der Waals surface area (Å²) in [7, 11) is 0. The Bertz CT molecular complexity index is 523. The maximum Gasteiger partial charge on any atom is 0.120 e. The van der Waals surface area contributed by atoms with Crippen LogP contribution in [-0.2, 0) is 6.61 Å². The normalized spacial score (nSPS) is 12.2. The lowest BCUT2D eigenvalue weighted by Gasteiger charge is -2.16. The van der Waals surface area contributed by atoms with Crippen LogP contribution in [-0.4, -0.2) is 12.6 Å². The van der Waals surface area contributed by atoms with Gasteiger partial charge in [-0.2, -0.15) is 0 Å². The second kappa shape index (κ2) is 7.70. The van der Waals surface area contributed by atoms with E-state index in [2.05, 4.69) is 13.8 Å². The minimum Gasteiger partial charge on any atom is -0.492 e. The molecule has 0 aliphatic carbocycles. The molecule has 2 N–H and O–H groups in total. The molecule has 0 aromatic heterocycles. The van der Waals surface area contributed by atoms with E-state index in [-0.39, 0.29) is 6.04 Å². The Balaban J connectivity index is 1.82. The summed E-state index contributed by atoms with van der Waals surface area (Å²) in [4.78, 5) is 0. The standard InChI is InChI=1S/C18H23NO2/c1-14(2)18(19)13-21-17-10-8-16(9-11-17)20-12-15-6-4-3-5-7-15/h3-11,14,18H,12-13,19H2,1-2H3. The Hall–Kier alpha value is -2.00. The van der Waals surface area contributed by atoms with Crippen LogP contribution >= 0.6 is 0 Å². The number of hydrogen-bond acceptors (Lipinski definition) is 3. The predicted molar refractivity (Wildman–Crippen MR) is 85.5 cm³/mol. The minimum atomic E-state index is 0.0546. The summed E-state index contributed by atoms with van der Waals surface area (Å²) in [5.41, 5.74) is 7.11. The fraction of sp³-hybridized carbons (Fsp3) is 0.333. The molecule has 21 heavy (non-hydrogen) atoms. The van der Waals surface area contributed by atoms with Gasteiger partial charge in [0.15, 0.2) is 0 Å². The minimum absolute atomic E-state index is 0.0546. The third kappa shape index (κ3) is 5.12. The molecule has 0 bridgehead atoms. The van der Waals surface area contributed by atoms with Crippen molar-refractivity contribution in [2.75, 3.05) is 6.61 Å². The van der Waals surface area contributed by atoms with Crippen LogP contribution in [0.15, 0.2) is 54.6 Å². The first-order valence-electron chi connectivity index (χ1n) is 7.30. The molecule has 0 saturated heterocycles. The molecule has 112 valence electrons. The molecular formula is C18H23NO2. The van der Waals surface area contributed by atoms with Crippen molar-refractivity contribution in [1.82, 2.24) is 0 Å². The van der Waals surface area contributed by atoms with Crippen LogP contribution in [0.25, 0.3) is 0 Å². The van der Waals surface area contributed by atoms with Gasteiger partial charge in [-0.25, -0.2) is 0 Å². The van der Waals surface area contributed by atoms with E-state index < -0.39 is 0 Å². The van der Waals surface area contributed by atoms with Gasteiger partial charge in [-0.15, -0.1) is 0 Å². The van der Waals surface area contributed by atoms with Gasteiger partial charge in [-0.05, 0) is 35.7 Å². The lowest BCUT2D eigenvalue weighted by atomic mass is 10.1. The fourth-order valence-corrected chi connectivity index (χ4v) is 1.76. The summed E-state index contributed by atoms with van der Waals surface area (Å²) in [5, 5.41) is 0. The first-order valence-corrected chi connectivity index (χ1v) is 7.30. The Morgan fingerprint density at radius 3 is 2.00 bits per heavy atom. The molecule has 0 heterocycles. The SMILES string of the molecule is CC(C)C(N)COc1ccc(OCc2ccccc2)cc1. The average Bonchev–Trinajstić information content (AvgIpc) is 2.52. The molecule has 2 aromatic rings. The van der Waals surface area contributed by atoms with Crippen LogP contribution in [0, 0.1) is 5.92 Å². The van der Waals surface area contributed by atoms with Crippen LogP contribution in [0.4, 0.5) is 0 Å². The van der Waals surface area contributed by atoms with E-state index in [4.69, 9.17) is 15.2 Å². The van der Waals surface area contributed by atoms with Gasteiger partial charge in [-0.3, -0.25) is 0 Å². The summed E-state index contributed by atoms with van der Waals surface area (Å²) in [6.07, 6.45) is 0. The van der Waals surface area contributed by atoms with Gasteiger partial charge in [-0.1, -0.05) is 44.2 Å². The van der Waals surface area contributed by atoms with Crippen molar-refractivity contribution in [2.45, 2.75) is 26.5 Å². The van der Waals surface area contributed by atoms with Crippen LogP contribution in [0.1, 0.15) is 19.4 Å². The lowest BCUT2D eigenvalue weighted by molar-refractivity contribution is 0.258. The third-order valence-corrected chi connectivity index (χ3v) is 3.37. The highest BCUT2D eigenvalue weighted by Gasteiger charge is 2.08. The highest BCUT2D eigenvalue weighted by Crippen LogP contribution is 2.19. The van der Waals surface area contributed by atoms with Crippen molar-refractivity contribution in [3.05, 3.63) is 60.2 Å². The first kappa shape index (κ1) is 15.4. The summed E-state index contributed by atoms with van der Waals surface area (Å²) < 4.78 is 11.4. The van der Waals surface area contributed by atoms with Crippen LogP contribution < -0.4 is 15.2 Å². The van der Waals surface area contributed by atoms with Gasteiger partial charge in [0.1, 0.15) is 24.7 Å². The zero-order valence-corrected chi connectivity index (χ0v) is 12.7. The molecule has 1 atom stereocenters. The van der Waals surface area contributed by atoms with Gasteiger partial charge < -0.3 is 15.2 Å². The Labute approximate surface area is 126 Å². The quantitative estimate of drug-likeness (QED) is 0.845. The van der Waals surface area contributed by atoms with Crippen molar-refractivity contribution >= 4 is 0 Å². The summed E-state index contributed by atoms with van der Waals surface area (Å²) in [6, 6.07) is 17.8. The maximum atomic E-state index is 5.96. The molecule has 3 heteroatoms. The van der Waals surface area contributed by atoms with Crippen LogP contribution in [0.5, 0.6) is 11.5 Å². The molecular weight excluding hydrogens is 262 g/mol. The second-order valence-electron chi connectivity index (χ2n) is 5.46. The molecule has 2 rings (SSSR count). The van der Waals surface area contributed by atoms with E-state index in [1.165, 1.54) is 0 Å². The maximum absolute atomic E-state index is 5.96. The van der Waals surface area contributed by atoms with Crippen molar-refractivity contribution in [3.63, 3.8) is 0 Å². The zero-order valence-electron chi connectivity index (χ0n) is 12.7. The number of rotatable bonds is 7. The number of hydrogen-bond donors (Lipinski definition) is 1. The van der Waals surface area contributed by atoms with E-state index in [9.17, 15) is 0 Å². The number of ether oxygens (including phenoxy) is 2. The molecule has 0 saturated carbocycles. The van der Waals surface area contributed by atoms with Crippen LogP contribution in [0.3, 0.4) is 0 Å². The molecule has 0 fully saturated rings. The molecule has 0 aliphatic rings. The van der Waals surface area contributed by atoms with Crippen LogP contribution in [0.2, 0.25) is 0 Å². The highest BCUT2D eigenvalue weighted by atomic mass is 16.5. The number of benzene rings is 2. The predicted octanol–water partition coefficient (Wildman–Crippen LogP) is 3.63. The van der Waals surface area contributed by atoms with Crippen molar-refractivity contribution in [1.29, 1.82) is 0 Å². The average molecular weight is 285 g/mol. The van der Waals surface area contributed by atoms with Crippen molar-refractivity contribution in [2.24, 2.45) is 11.7 Å². The van der Waals surface area contributed by atoms with Gasteiger partial charge in [0, 0.05) is 6.04 Å². The summed E-state index contributed by atoms with van der Waals surface area (Å²) in [6.45, 7) is 5.28. The second-order valence-corrected chi connectivity index (χ2v) is 5.46. The lowest BCUT2D eigenvalue weighted by Crippen LogP contribution is -2.32. The Kier molecular flexibility index (Phi) is 5.64. The Morgan fingerprint density at radius 1 is 0.857 bits per heavy atom. The van der Waals surface area contributed by atoms with Crippen molar-refractivity contribution < 1.29 is 9.47 Å². The van der Waals surface area contributed by atoms with E-state index >= 15 is 0 Å². The van der Waals surface area contributed by atoms with E-state index in [0.717, 1.165) is 17.1 Å². The third-order valence-electron chi connectivity index (χ3n) is 3.37. The molecule has 0 spiro atoms. The smallest absolute Gasteiger partial charge is 0.120 e. The van der Waals surface area contributed by atoms with Gasteiger partial charge in [0.25, 0.3) is 0 Å². The molecule has 0 amide bonds. The monoisotopic (exact) mass is 285 g/mol. The zero-order chi connectivity index (χ0) is 15.1.